The molecule has 234 valence electrons. The van der Waals surface area contributed by atoms with Crippen LogP contribution in [0.2, 0.25) is 0 Å². The van der Waals surface area contributed by atoms with Gasteiger partial charge in [0, 0.05) is 27.3 Å². The first-order chi connectivity index (χ1) is 24.8. The van der Waals surface area contributed by atoms with Crippen LogP contribution in [0.25, 0.3) is 99.8 Å². The molecule has 0 aliphatic carbocycles. The Bertz CT molecular complexity index is 2860. The normalized spacial score (nSPS) is 11.6. The number of hydrogen-bond acceptors (Lipinski definition) is 4. The van der Waals surface area contributed by atoms with Crippen LogP contribution < -0.4 is 0 Å². The number of aromatic nitrogens is 2. The van der Waals surface area contributed by atoms with E-state index in [2.05, 4.69) is 140 Å². The van der Waals surface area contributed by atoms with Gasteiger partial charge in [0.15, 0.2) is 5.58 Å². The quantitative estimate of drug-likeness (QED) is 0.188. The maximum atomic E-state index is 6.46. The van der Waals surface area contributed by atoms with Crippen molar-refractivity contribution in [2.45, 2.75) is 0 Å². The van der Waals surface area contributed by atoms with E-state index >= 15 is 0 Å². The molecule has 0 amide bonds. The maximum absolute atomic E-state index is 6.46. The average molecular weight is 641 g/mol. The summed E-state index contributed by atoms with van der Waals surface area (Å²) in [5.74, 6) is 0. The molecular weight excluding hydrogens is 613 g/mol. The maximum Gasteiger partial charge on any atom is 0.180 e. The third-order valence-electron chi connectivity index (χ3n) is 9.62. The lowest BCUT2D eigenvalue weighted by molar-refractivity contribution is 0.667. The lowest BCUT2D eigenvalue weighted by Gasteiger charge is -2.09. The van der Waals surface area contributed by atoms with Crippen molar-refractivity contribution in [1.29, 1.82) is 0 Å². The SMILES string of the molecule is c1ccc(-c2ccc(-c3ccc4oc5c(-c6cccc(-c7cccc(-c8cccc9c8oc8ccccc89)c7)c6)ncnc5c4c3)cc2)cc1. The van der Waals surface area contributed by atoms with Gasteiger partial charge >= 0.3 is 0 Å². The first-order valence-electron chi connectivity index (χ1n) is 16.7. The molecule has 0 radical (unpaired) electrons. The van der Waals surface area contributed by atoms with Crippen molar-refractivity contribution in [3.8, 4) is 55.8 Å². The zero-order valence-electron chi connectivity index (χ0n) is 26.9. The predicted octanol–water partition coefficient (Wildman–Crippen LogP) is 12.6. The Morgan fingerprint density at radius 3 is 1.74 bits per heavy atom. The number of para-hydroxylation sites is 2. The van der Waals surface area contributed by atoms with Crippen LogP contribution in [0, 0.1) is 0 Å². The molecule has 10 aromatic rings. The Morgan fingerprint density at radius 2 is 0.900 bits per heavy atom. The van der Waals surface area contributed by atoms with Crippen molar-refractivity contribution in [3.63, 3.8) is 0 Å². The Balaban J connectivity index is 1.01. The van der Waals surface area contributed by atoms with Crippen LogP contribution in [-0.2, 0) is 0 Å². The van der Waals surface area contributed by atoms with Crippen LogP contribution in [0.4, 0.5) is 0 Å². The third-order valence-corrected chi connectivity index (χ3v) is 9.62. The minimum absolute atomic E-state index is 0.682. The average Bonchev–Trinajstić information content (AvgIpc) is 3.77. The zero-order chi connectivity index (χ0) is 33.0. The molecule has 0 atom stereocenters. The minimum atomic E-state index is 0.682. The molecule has 0 spiro atoms. The number of benzene rings is 7. The van der Waals surface area contributed by atoms with Crippen molar-refractivity contribution < 1.29 is 8.83 Å². The van der Waals surface area contributed by atoms with E-state index in [0.717, 1.165) is 83.1 Å². The van der Waals surface area contributed by atoms with Crippen molar-refractivity contribution in [2.75, 3.05) is 0 Å². The Labute approximate surface area is 287 Å². The van der Waals surface area contributed by atoms with Gasteiger partial charge < -0.3 is 8.83 Å². The van der Waals surface area contributed by atoms with E-state index in [1.165, 1.54) is 11.1 Å². The number of nitrogens with zero attached hydrogens (tertiary/aromatic N) is 2. The summed E-state index contributed by atoms with van der Waals surface area (Å²) in [6.45, 7) is 0. The highest BCUT2D eigenvalue weighted by Gasteiger charge is 2.17. The number of furan rings is 2. The van der Waals surface area contributed by atoms with E-state index in [-0.39, 0.29) is 0 Å². The van der Waals surface area contributed by atoms with Gasteiger partial charge in [0.05, 0.1) is 0 Å². The van der Waals surface area contributed by atoms with Crippen LogP contribution in [0.1, 0.15) is 0 Å². The molecule has 3 heterocycles. The largest absolute Gasteiger partial charge is 0.455 e. The molecule has 0 bridgehead atoms. The molecule has 4 heteroatoms. The summed E-state index contributed by atoms with van der Waals surface area (Å²) in [7, 11) is 0. The van der Waals surface area contributed by atoms with Crippen molar-refractivity contribution in [3.05, 3.63) is 170 Å². The van der Waals surface area contributed by atoms with E-state index in [1.807, 2.05) is 24.3 Å². The topological polar surface area (TPSA) is 52.1 Å². The van der Waals surface area contributed by atoms with Crippen molar-refractivity contribution in [2.24, 2.45) is 0 Å². The van der Waals surface area contributed by atoms with E-state index in [9.17, 15) is 0 Å². The van der Waals surface area contributed by atoms with E-state index in [1.54, 1.807) is 6.33 Å². The molecule has 10 rings (SSSR count). The van der Waals surface area contributed by atoms with Gasteiger partial charge in [-0.05, 0) is 69.3 Å². The predicted molar refractivity (Wildman–Crippen MR) is 204 cm³/mol. The molecule has 0 unspecified atom stereocenters. The van der Waals surface area contributed by atoms with Gasteiger partial charge in [-0.3, -0.25) is 0 Å². The van der Waals surface area contributed by atoms with Gasteiger partial charge in [0.2, 0.25) is 0 Å². The highest BCUT2D eigenvalue weighted by Crippen LogP contribution is 2.39. The summed E-state index contributed by atoms with van der Waals surface area (Å²) in [4.78, 5) is 9.43. The molecular formula is C46H28N2O2. The fourth-order valence-electron chi connectivity index (χ4n) is 7.13. The van der Waals surface area contributed by atoms with Gasteiger partial charge in [-0.25, -0.2) is 9.97 Å². The van der Waals surface area contributed by atoms with Crippen molar-refractivity contribution >= 4 is 44.0 Å². The van der Waals surface area contributed by atoms with Gasteiger partial charge in [0.25, 0.3) is 0 Å². The molecule has 7 aromatic carbocycles. The highest BCUT2D eigenvalue weighted by atomic mass is 16.3. The van der Waals surface area contributed by atoms with Gasteiger partial charge in [-0.15, -0.1) is 0 Å². The summed E-state index contributed by atoms with van der Waals surface area (Å²) in [6, 6.07) is 57.1. The molecule has 0 saturated heterocycles. The van der Waals surface area contributed by atoms with Crippen LogP contribution in [0.3, 0.4) is 0 Å². The first-order valence-corrected chi connectivity index (χ1v) is 16.7. The third kappa shape index (κ3) is 4.69. The lowest BCUT2D eigenvalue weighted by Crippen LogP contribution is -1.88. The van der Waals surface area contributed by atoms with E-state index in [4.69, 9.17) is 18.8 Å². The molecule has 0 aliphatic heterocycles. The minimum Gasteiger partial charge on any atom is -0.455 e. The van der Waals surface area contributed by atoms with E-state index in [0.29, 0.717) is 5.58 Å². The Hall–Kier alpha value is -6.78. The zero-order valence-corrected chi connectivity index (χ0v) is 26.9. The smallest absolute Gasteiger partial charge is 0.180 e. The van der Waals surface area contributed by atoms with Gasteiger partial charge in [-0.1, -0.05) is 133 Å². The van der Waals surface area contributed by atoms with Gasteiger partial charge in [0.1, 0.15) is 34.3 Å². The van der Waals surface area contributed by atoms with Crippen LogP contribution >= 0.6 is 0 Å². The number of fused-ring (bicyclic) bond motifs is 6. The summed E-state index contributed by atoms with van der Waals surface area (Å²) < 4.78 is 12.8. The number of hydrogen-bond donors (Lipinski definition) is 0. The summed E-state index contributed by atoms with van der Waals surface area (Å²) >= 11 is 0. The van der Waals surface area contributed by atoms with Crippen LogP contribution in [0.5, 0.6) is 0 Å². The molecule has 0 N–H and O–H groups in total. The second kappa shape index (κ2) is 11.4. The Kier molecular flexibility index (Phi) is 6.46. The monoisotopic (exact) mass is 640 g/mol. The fourth-order valence-corrected chi connectivity index (χ4v) is 7.13. The second-order valence-corrected chi connectivity index (χ2v) is 12.6. The summed E-state index contributed by atoms with van der Waals surface area (Å²) in [6.07, 6.45) is 1.63. The highest BCUT2D eigenvalue weighted by molar-refractivity contribution is 6.10. The second-order valence-electron chi connectivity index (χ2n) is 12.6. The van der Waals surface area contributed by atoms with Crippen molar-refractivity contribution in [1.82, 2.24) is 9.97 Å². The number of rotatable bonds is 5. The summed E-state index contributed by atoms with van der Waals surface area (Å²) in [5, 5.41) is 3.22. The lowest BCUT2D eigenvalue weighted by atomic mass is 9.96. The Morgan fingerprint density at radius 1 is 0.340 bits per heavy atom. The first kappa shape index (κ1) is 28.3. The van der Waals surface area contributed by atoms with Gasteiger partial charge in [-0.2, -0.15) is 0 Å². The molecule has 0 aliphatic rings. The van der Waals surface area contributed by atoms with E-state index < -0.39 is 0 Å². The molecule has 50 heavy (non-hydrogen) atoms. The summed E-state index contributed by atoms with van der Waals surface area (Å²) in [5.41, 5.74) is 14.8. The fraction of sp³-hybridized carbons (Fsp3) is 0. The molecule has 3 aromatic heterocycles. The molecule has 4 nitrogen and oxygen atoms in total. The standard InChI is InChI=1S/C46H28N2O2/c1-2-9-29(10-3-1)30-19-21-31(22-20-30)34-23-24-42-40(27-34)44-46(50-42)43(47-28-48-44)36-14-7-12-33(26-36)32-11-6-13-35(25-32)37-16-8-17-39-38-15-4-5-18-41(38)49-45(37)39/h1-28H. The molecule has 0 saturated carbocycles. The van der Waals surface area contributed by atoms with Crippen LogP contribution in [-0.4, -0.2) is 9.97 Å². The molecule has 0 fully saturated rings. The van der Waals surface area contributed by atoms with Crippen LogP contribution in [0.15, 0.2) is 179 Å².